The number of carbonyl (C=O) groups excluding carboxylic acids is 1. The van der Waals surface area contributed by atoms with Gasteiger partial charge in [0.15, 0.2) is 5.78 Å². The van der Waals surface area contributed by atoms with Crippen LogP contribution in [0.4, 0.5) is 0 Å². The highest BCUT2D eigenvalue weighted by Crippen LogP contribution is 2.08. The van der Waals surface area contributed by atoms with E-state index in [4.69, 9.17) is 4.74 Å². The van der Waals surface area contributed by atoms with E-state index in [9.17, 15) is 4.79 Å². The first kappa shape index (κ1) is 16.9. The van der Waals surface area contributed by atoms with Crippen LogP contribution in [-0.4, -0.2) is 44.0 Å². The summed E-state index contributed by atoms with van der Waals surface area (Å²) in [7, 11) is 1.69. The van der Waals surface area contributed by atoms with Crippen molar-refractivity contribution in [3.63, 3.8) is 0 Å². The van der Waals surface area contributed by atoms with Crippen LogP contribution in [0.3, 0.4) is 0 Å². The summed E-state index contributed by atoms with van der Waals surface area (Å²) in [4.78, 5) is 14.5. The van der Waals surface area contributed by atoms with Gasteiger partial charge >= 0.3 is 0 Å². The van der Waals surface area contributed by atoms with Crippen molar-refractivity contribution < 1.29 is 9.53 Å². The number of carbonyl (C=O) groups is 1. The third-order valence-corrected chi connectivity index (χ3v) is 3.29. The van der Waals surface area contributed by atoms with Crippen LogP contribution in [0, 0.1) is 5.92 Å². The van der Waals surface area contributed by atoms with Gasteiger partial charge in [0.1, 0.15) is 0 Å². The zero-order valence-electron chi connectivity index (χ0n) is 13.2. The molecule has 0 aromatic heterocycles. The molecule has 0 heterocycles. The molecule has 3 heteroatoms. The fourth-order valence-corrected chi connectivity index (χ4v) is 2.19. The predicted octanol–water partition coefficient (Wildman–Crippen LogP) is 3.04. The van der Waals surface area contributed by atoms with E-state index in [0.29, 0.717) is 19.1 Å². The summed E-state index contributed by atoms with van der Waals surface area (Å²) in [5.74, 6) is 0.728. The SMILES string of the molecule is CCc1ccc(C(=O)CN(CCOC)CC(C)C)cc1. The van der Waals surface area contributed by atoms with Crippen molar-refractivity contribution in [2.45, 2.75) is 27.2 Å². The number of benzene rings is 1. The van der Waals surface area contributed by atoms with Crippen molar-refractivity contribution in [1.82, 2.24) is 4.90 Å². The van der Waals surface area contributed by atoms with E-state index in [2.05, 4.69) is 25.7 Å². The molecule has 1 rings (SSSR count). The van der Waals surface area contributed by atoms with Crippen molar-refractivity contribution in [3.05, 3.63) is 35.4 Å². The summed E-state index contributed by atoms with van der Waals surface area (Å²) >= 11 is 0. The molecule has 1 aromatic rings. The number of methoxy groups -OCH3 is 1. The van der Waals surface area contributed by atoms with Crippen LogP contribution in [0.25, 0.3) is 0 Å². The predicted molar refractivity (Wildman–Crippen MR) is 83.3 cm³/mol. The molecule has 0 fully saturated rings. The van der Waals surface area contributed by atoms with Crippen LogP contribution in [0.5, 0.6) is 0 Å². The number of Topliss-reactive ketones (excluding diaryl/α,β-unsaturated/α-hetero) is 1. The Kier molecular flexibility index (Phi) is 7.48. The van der Waals surface area contributed by atoms with Crippen molar-refractivity contribution >= 4 is 5.78 Å². The van der Waals surface area contributed by atoms with Gasteiger partial charge in [-0.15, -0.1) is 0 Å². The molecule has 112 valence electrons. The molecule has 0 aliphatic rings. The summed E-state index contributed by atoms with van der Waals surface area (Å²) in [5, 5.41) is 0. The van der Waals surface area contributed by atoms with Crippen molar-refractivity contribution in [3.8, 4) is 0 Å². The average Bonchev–Trinajstić information content (AvgIpc) is 2.44. The molecule has 1 aromatic carbocycles. The average molecular weight is 277 g/mol. The van der Waals surface area contributed by atoms with Gasteiger partial charge in [0.2, 0.25) is 0 Å². The first-order valence-electron chi connectivity index (χ1n) is 7.40. The van der Waals surface area contributed by atoms with Gasteiger partial charge in [0.05, 0.1) is 13.2 Å². The normalized spacial score (nSPS) is 11.3. The fraction of sp³-hybridized carbons (Fsp3) is 0.588. The van der Waals surface area contributed by atoms with Gasteiger partial charge < -0.3 is 4.74 Å². The number of aryl methyl sites for hydroxylation is 1. The molecule has 0 atom stereocenters. The van der Waals surface area contributed by atoms with Gasteiger partial charge in [0, 0.05) is 25.8 Å². The summed E-state index contributed by atoms with van der Waals surface area (Å²) in [5.41, 5.74) is 2.06. The highest BCUT2D eigenvalue weighted by molar-refractivity contribution is 5.97. The van der Waals surface area contributed by atoms with Crippen LogP contribution < -0.4 is 0 Å². The molecule has 20 heavy (non-hydrogen) atoms. The Morgan fingerprint density at radius 3 is 2.40 bits per heavy atom. The summed E-state index contributed by atoms with van der Waals surface area (Å²) in [6, 6.07) is 7.94. The zero-order valence-corrected chi connectivity index (χ0v) is 13.2. The smallest absolute Gasteiger partial charge is 0.176 e. The minimum Gasteiger partial charge on any atom is -0.383 e. The largest absolute Gasteiger partial charge is 0.383 e. The van der Waals surface area contributed by atoms with Crippen molar-refractivity contribution in [2.75, 3.05) is 33.4 Å². The number of ether oxygens (including phenoxy) is 1. The lowest BCUT2D eigenvalue weighted by atomic mass is 10.1. The molecule has 0 unspecified atom stereocenters. The molecular formula is C17H27NO2. The van der Waals surface area contributed by atoms with Crippen molar-refractivity contribution in [1.29, 1.82) is 0 Å². The molecular weight excluding hydrogens is 250 g/mol. The van der Waals surface area contributed by atoms with Crippen LogP contribution in [0.1, 0.15) is 36.7 Å². The van der Waals surface area contributed by atoms with E-state index < -0.39 is 0 Å². The van der Waals surface area contributed by atoms with Gasteiger partial charge in [-0.1, -0.05) is 45.0 Å². The summed E-state index contributed by atoms with van der Waals surface area (Å²) < 4.78 is 5.12. The van der Waals surface area contributed by atoms with Gasteiger partial charge in [-0.2, -0.15) is 0 Å². The van der Waals surface area contributed by atoms with E-state index in [1.54, 1.807) is 7.11 Å². The molecule has 0 saturated heterocycles. The van der Waals surface area contributed by atoms with E-state index in [0.717, 1.165) is 25.1 Å². The van der Waals surface area contributed by atoms with Crippen LogP contribution in [-0.2, 0) is 11.2 Å². The van der Waals surface area contributed by atoms with E-state index in [1.807, 2.05) is 24.3 Å². The Bertz CT molecular complexity index is 398. The maximum Gasteiger partial charge on any atom is 0.176 e. The molecule has 0 N–H and O–H groups in total. The quantitative estimate of drug-likeness (QED) is 0.650. The Balaban J connectivity index is 2.63. The molecule has 0 radical (unpaired) electrons. The van der Waals surface area contributed by atoms with Crippen molar-refractivity contribution in [2.24, 2.45) is 5.92 Å². The fourth-order valence-electron chi connectivity index (χ4n) is 2.19. The second-order valence-electron chi connectivity index (χ2n) is 5.60. The Morgan fingerprint density at radius 1 is 1.25 bits per heavy atom. The molecule has 0 aliphatic heterocycles. The first-order valence-corrected chi connectivity index (χ1v) is 7.40. The van der Waals surface area contributed by atoms with E-state index in [-0.39, 0.29) is 5.78 Å². The monoisotopic (exact) mass is 277 g/mol. The second kappa shape index (κ2) is 8.88. The molecule has 0 spiro atoms. The van der Waals surface area contributed by atoms with Gasteiger partial charge in [-0.25, -0.2) is 0 Å². The standard InChI is InChI=1S/C17H27NO2/c1-5-15-6-8-16(9-7-15)17(19)13-18(10-11-20-4)12-14(2)3/h6-9,14H,5,10-13H2,1-4H3. The maximum atomic E-state index is 12.3. The van der Waals surface area contributed by atoms with Gasteiger partial charge in [-0.05, 0) is 17.9 Å². The first-order chi connectivity index (χ1) is 9.56. The van der Waals surface area contributed by atoms with Crippen LogP contribution >= 0.6 is 0 Å². The number of ketones is 1. The lowest BCUT2D eigenvalue weighted by Crippen LogP contribution is -2.35. The zero-order chi connectivity index (χ0) is 15.0. The highest BCUT2D eigenvalue weighted by atomic mass is 16.5. The van der Waals surface area contributed by atoms with Crippen LogP contribution in [0.15, 0.2) is 24.3 Å². The lowest BCUT2D eigenvalue weighted by Gasteiger charge is -2.23. The minimum absolute atomic E-state index is 0.185. The molecule has 0 bridgehead atoms. The van der Waals surface area contributed by atoms with E-state index in [1.165, 1.54) is 5.56 Å². The topological polar surface area (TPSA) is 29.5 Å². The molecule has 0 amide bonds. The highest BCUT2D eigenvalue weighted by Gasteiger charge is 2.13. The molecule has 0 aliphatic carbocycles. The number of nitrogens with zero attached hydrogens (tertiary/aromatic N) is 1. The number of hydrogen-bond donors (Lipinski definition) is 0. The Morgan fingerprint density at radius 2 is 1.90 bits per heavy atom. The third-order valence-electron chi connectivity index (χ3n) is 3.29. The second-order valence-corrected chi connectivity index (χ2v) is 5.60. The number of hydrogen-bond acceptors (Lipinski definition) is 3. The molecule has 0 saturated carbocycles. The van der Waals surface area contributed by atoms with Crippen LogP contribution in [0.2, 0.25) is 0 Å². The Hall–Kier alpha value is -1.19. The summed E-state index contributed by atoms with van der Waals surface area (Å²) in [6.45, 7) is 9.30. The Labute approximate surface area is 122 Å². The van der Waals surface area contributed by atoms with E-state index >= 15 is 0 Å². The van der Waals surface area contributed by atoms with Gasteiger partial charge in [-0.3, -0.25) is 9.69 Å². The summed E-state index contributed by atoms with van der Waals surface area (Å²) in [6.07, 6.45) is 1.00. The maximum absolute atomic E-state index is 12.3. The lowest BCUT2D eigenvalue weighted by molar-refractivity contribution is 0.0881. The third kappa shape index (κ3) is 5.85. The minimum atomic E-state index is 0.185. The van der Waals surface area contributed by atoms with Gasteiger partial charge in [0.25, 0.3) is 0 Å². The number of rotatable bonds is 9. The molecule has 3 nitrogen and oxygen atoms in total.